The van der Waals surface area contributed by atoms with Gasteiger partial charge in [0.2, 0.25) is 5.88 Å². The Bertz CT molecular complexity index is 1890. The maximum absolute atomic E-state index is 13.0. The summed E-state index contributed by atoms with van der Waals surface area (Å²) in [6.45, 7) is 8.41. The van der Waals surface area contributed by atoms with Gasteiger partial charge in [0, 0.05) is 48.3 Å². The Balaban J connectivity index is 1.42. The molecule has 2 aromatic heterocycles. The van der Waals surface area contributed by atoms with Gasteiger partial charge in [-0.05, 0) is 49.9 Å². The lowest BCUT2D eigenvalue weighted by atomic mass is 9.96. The van der Waals surface area contributed by atoms with Crippen LogP contribution in [0.5, 0.6) is 5.88 Å². The van der Waals surface area contributed by atoms with Crippen LogP contribution in [0, 0.1) is 6.92 Å². The van der Waals surface area contributed by atoms with E-state index in [2.05, 4.69) is 27.3 Å². The van der Waals surface area contributed by atoms with Gasteiger partial charge in [-0.3, -0.25) is 14.6 Å². The number of aromatic nitrogens is 4. The number of ether oxygens (including phenoxy) is 2. The molecular formula is C34H36ClN7O5. The summed E-state index contributed by atoms with van der Waals surface area (Å²) in [4.78, 5) is 49.2. The van der Waals surface area contributed by atoms with E-state index in [1.54, 1.807) is 30.2 Å². The van der Waals surface area contributed by atoms with Gasteiger partial charge in [0.15, 0.2) is 0 Å². The Morgan fingerprint density at radius 2 is 1.91 bits per heavy atom. The summed E-state index contributed by atoms with van der Waals surface area (Å²) in [5.41, 5.74) is 4.77. The van der Waals surface area contributed by atoms with Crippen LogP contribution in [-0.2, 0) is 18.3 Å². The molecule has 1 fully saturated rings. The van der Waals surface area contributed by atoms with Crippen LogP contribution in [0.1, 0.15) is 41.4 Å². The molecule has 3 heterocycles. The molecule has 2 N–H and O–H groups in total. The molecule has 12 nitrogen and oxygen atoms in total. The minimum atomic E-state index is -0.540. The number of rotatable bonds is 10. The van der Waals surface area contributed by atoms with Crippen LogP contribution in [0.4, 0.5) is 10.5 Å². The minimum Gasteiger partial charge on any atom is -0.480 e. The Hall–Kier alpha value is -5.23. The van der Waals surface area contributed by atoms with E-state index in [4.69, 9.17) is 26.1 Å². The molecule has 5 rings (SSSR count). The SMILES string of the molecule is C=C1CCC(CN(Cc2ncc(-c3cccc(-c4cccc(NC(=O)c5ccnn(C)c5=O)c4C)c3Cl)nc2OC)C(=O)OCC)N1. The fourth-order valence-corrected chi connectivity index (χ4v) is 5.78. The molecule has 1 atom stereocenters. The van der Waals surface area contributed by atoms with Gasteiger partial charge in [-0.2, -0.15) is 5.10 Å². The van der Waals surface area contributed by atoms with Crippen LogP contribution in [0.2, 0.25) is 5.02 Å². The van der Waals surface area contributed by atoms with E-state index in [9.17, 15) is 14.4 Å². The Morgan fingerprint density at radius 1 is 1.17 bits per heavy atom. The highest BCUT2D eigenvalue weighted by Gasteiger charge is 2.26. The summed E-state index contributed by atoms with van der Waals surface area (Å²) in [7, 11) is 2.98. The number of carbonyl (C=O) groups excluding carboxylic acids is 2. The average molecular weight is 658 g/mol. The van der Waals surface area contributed by atoms with Crippen LogP contribution in [0.25, 0.3) is 22.4 Å². The van der Waals surface area contributed by atoms with Gasteiger partial charge in [-0.25, -0.2) is 14.5 Å². The third-order valence-electron chi connectivity index (χ3n) is 7.91. The summed E-state index contributed by atoms with van der Waals surface area (Å²) in [6.07, 6.45) is 4.26. The lowest BCUT2D eigenvalue weighted by Gasteiger charge is -2.25. The number of hydrogen-bond acceptors (Lipinski definition) is 9. The number of aryl methyl sites for hydroxylation is 1. The number of nitrogens with one attached hydrogen (secondary N) is 2. The maximum Gasteiger partial charge on any atom is 0.410 e. The summed E-state index contributed by atoms with van der Waals surface area (Å²) >= 11 is 7.01. The van der Waals surface area contributed by atoms with Crippen molar-refractivity contribution in [2.24, 2.45) is 7.05 Å². The topological polar surface area (TPSA) is 141 Å². The van der Waals surface area contributed by atoms with Crippen molar-refractivity contribution in [3.63, 3.8) is 0 Å². The molecule has 2 aromatic carbocycles. The quantitative estimate of drug-likeness (QED) is 0.231. The van der Waals surface area contributed by atoms with Gasteiger partial charge in [0.05, 0.1) is 37.2 Å². The van der Waals surface area contributed by atoms with Gasteiger partial charge in [-0.15, -0.1) is 0 Å². The molecule has 1 aliphatic heterocycles. The predicted molar refractivity (Wildman–Crippen MR) is 179 cm³/mol. The maximum atomic E-state index is 13.0. The largest absolute Gasteiger partial charge is 0.480 e. The van der Waals surface area contributed by atoms with Crippen LogP contribution in [-0.4, -0.2) is 63.0 Å². The Kier molecular flexibility index (Phi) is 10.2. The van der Waals surface area contributed by atoms with Crippen LogP contribution in [0.3, 0.4) is 0 Å². The van der Waals surface area contributed by atoms with Crippen LogP contribution < -0.4 is 20.9 Å². The number of allylic oxidation sites excluding steroid dienone is 1. The monoisotopic (exact) mass is 657 g/mol. The second-order valence-electron chi connectivity index (χ2n) is 11.0. The molecular weight excluding hydrogens is 622 g/mol. The molecule has 244 valence electrons. The summed E-state index contributed by atoms with van der Waals surface area (Å²) in [5.74, 6) is -0.285. The molecule has 0 radical (unpaired) electrons. The Morgan fingerprint density at radius 3 is 2.64 bits per heavy atom. The second kappa shape index (κ2) is 14.5. The Labute approximate surface area is 277 Å². The number of halogens is 1. The summed E-state index contributed by atoms with van der Waals surface area (Å²) in [5, 5.41) is 10.5. The van der Waals surface area contributed by atoms with Crippen molar-refractivity contribution in [3.05, 3.63) is 99.3 Å². The van der Waals surface area contributed by atoms with E-state index in [0.717, 1.165) is 34.3 Å². The van der Waals surface area contributed by atoms with E-state index in [1.807, 2.05) is 31.2 Å². The summed E-state index contributed by atoms with van der Waals surface area (Å²) in [6, 6.07) is 12.5. The van der Waals surface area contributed by atoms with Gasteiger partial charge in [0.25, 0.3) is 11.5 Å². The molecule has 0 aliphatic carbocycles. The molecule has 1 unspecified atom stereocenters. The van der Waals surface area contributed by atoms with E-state index >= 15 is 0 Å². The first-order valence-electron chi connectivity index (χ1n) is 15.1. The zero-order valence-corrected chi connectivity index (χ0v) is 27.4. The van der Waals surface area contributed by atoms with Crippen molar-refractivity contribution in [2.45, 2.75) is 39.3 Å². The third kappa shape index (κ3) is 7.28. The van der Waals surface area contributed by atoms with Crippen molar-refractivity contribution in [1.82, 2.24) is 30.0 Å². The first kappa shape index (κ1) is 33.1. The molecule has 0 spiro atoms. The first-order chi connectivity index (χ1) is 22.6. The fourth-order valence-electron chi connectivity index (χ4n) is 5.45. The van der Waals surface area contributed by atoms with E-state index in [-0.39, 0.29) is 30.6 Å². The highest BCUT2D eigenvalue weighted by molar-refractivity contribution is 6.36. The average Bonchev–Trinajstić information content (AvgIpc) is 3.47. The van der Waals surface area contributed by atoms with Crippen molar-refractivity contribution in [3.8, 4) is 28.3 Å². The molecule has 1 aliphatic rings. The lowest BCUT2D eigenvalue weighted by molar-refractivity contribution is 0.0999. The van der Waals surface area contributed by atoms with Crippen molar-refractivity contribution in [2.75, 3.05) is 25.6 Å². The smallest absolute Gasteiger partial charge is 0.410 e. The van der Waals surface area contributed by atoms with Crippen LogP contribution in [0.15, 0.2) is 71.9 Å². The predicted octanol–water partition coefficient (Wildman–Crippen LogP) is 5.35. The normalized spacial score (nSPS) is 14.0. The number of amides is 2. The second-order valence-corrected chi connectivity index (χ2v) is 11.4. The van der Waals surface area contributed by atoms with Gasteiger partial charge < -0.3 is 25.0 Å². The van der Waals surface area contributed by atoms with Crippen LogP contribution >= 0.6 is 11.6 Å². The summed E-state index contributed by atoms with van der Waals surface area (Å²) < 4.78 is 12.0. The number of nitrogens with zero attached hydrogens (tertiary/aromatic N) is 5. The van der Waals surface area contributed by atoms with Crippen molar-refractivity contribution >= 4 is 29.3 Å². The third-order valence-corrected chi connectivity index (χ3v) is 8.32. The molecule has 0 bridgehead atoms. The number of benzene rings is 2. The number of carbonyl (C=O) groups is 2. The number of anilines is 1. The zero-order valence-electron chi connectivity index (χ0n) is 26.7. The minimum absolute atomic E-state index is 0.0187. The number of hydrogen-bond donors (Lipinski definition) is 2. The van der Waals surface area contributed by atoms with E-state index in [0.29, 0.717) is 39.8 Å². The molecule has 0 saturated carbocycles. The van der Waals surface area contributed by atoms with E-state index < -0.39 is 17.6 Å². The lowest BCUT2D eigenvalue weighted by Crippen LogP contribution is -2.41. The highest BCUT2D eigenvalue weighted by atomic mass is 35.5. The van der Waals surface area contributed by atoms with Gasteiger partial charge in [-0.1, -0.05) is 48.5 Å². The van der Waals surface area contributed by atoms with Crippen molar-refractivity contribution < 1.29 is 19.1 Å². The highest BCUT2D eigenvalue weighted by Crippen LogP contribution is 2.39. The molecule has 4 aromatic rings. The fraction of sp³-hybridized carbons (Fsp3) is 0.294. The standard InChI is InChI=1S/C34H36ClN7O5/c1-6-47-34(45)42(18-22-14-13-20(2)38-22)19-29-32(46-5)40-28(17-36-29)25-11-7-10-24(30(25)35)23-9-8-12-27(21(23)3)39-31(43)26-15-16-37-41(4)33(26)44/h7-12,15-17,22,38H,2,6,13-14,18-19H2,1,3-5H3,(H,39,43). The first-order valence-corrected chi connectivity index (χ1v) is 15.5. The molecule has 47 heavy (non-hydrogen) atoms. The van der Waals surface area contributed by atoms with E-state index in [1.165, 1.54) is 26.4 Å². The molecule has 13 heteroatoms. The number of methoxy groups -OCH3 is 1. The van der Waals surface area contributed by atoms with Gasteiger partial charge >= 0.3 is 6.09 Å². The zero-order chi connectivity index (χ0) is 33.7. The molecule has 2 amide bonds. The molecule has 1 saturated heterocycles. The van der Waals surface area contributed by atoms with Crippen molar-refractivity contribution in [1.29, 1.82) is 0 Å². The van der Waals surface area contributed by atoms with Gasteiger partial charge in [0.1, 0.15) is 11.3 Å².